The molecule has 0 N–H and O–H groups in total. The molecule has 0 aliphatic heterocycles. The lowest BCUT2D eigenvalue weighted by Gasteiger charge is -2.15. The third kappa shape index (κ3) is 2.76. The fraction of sp³-hybridized carbons (Fsp3) is 0.0667. The fourth-order valence-corrected chi connectivity index (χ4v) is 3.11. The van der Waals surface area contributed by atoms with Crippen molar-refractivity contribution in [3.05, 3.63) is 67.3 Å². The molecule has 0 spiro atoms. The first-order valence-corrected chi connectivity index (χ1v) is 7.66. The molecule has 0 unspecified atom stereocenters. The number of hydrogen-bond acceptors (Lipinski definition) is 3. The molecule has 0 aliphatic carbocycles. The summed E-state index contributed by atoms with van der Waals surface area (Å²) in [5.74, 6) is -2.85. The van der Waals surface area contributed by atoms with Crippen molar-refractivity contribution in [1.82, 2.24) is 9.72 Å². The van der Waals surface area contributed by atoms with Crippen molar-refractivity contribution in [2.75, 3.05) is 0 Å². The van der Waals surface area contributed by atoms with Crippen LogP contribution in [0.1, 0.15) is 5.76 Å². The normalized spacial score (nSPS) is 11.1. The molecule has 3 rings (SSSR count). The topological polar surface area (TPSA) is 48.0 Å². The van der Waals surface area contributed by atoms with Gasteiger partial charge in [0.2, 0.25) is 5.43 Å². The quantitative estimate of drug-likeness (QED) is 0.608. The minimum absolute atomic E-state index is 0.147. The monoisotopic (exact) mass is 418 g/mol. The maximum absolute atomic E-state index is 14.2. The first-order valence-electron chi connectivity index (χ1n) is 6.49. The highest BCUT2D eigenvalue weighted by atomic mass is 79.9. The summed E-state index contributed by atoms with van der Waals surface area (Å²) >= 11 is 8.88. The van der Waals surface area contributed by atoms with Gasteiger partial charge in [-0.3, -0.25) is 9.36 Å². The van der Waals surface area contributed by atoms with Crippen LogP contribution in [0.5, 0.6) is 0 Å². The van der Waals surface area contributed by atoms with E-state index in [0.29, 0.717) is 17.9 Å². The second-order valence-electron chi connectivity index (χ2n) is 4.88. The van der Waals surface area contributed by atoms with Crippen LogP contribution in [0.4, 0.5) is 13.2 Å². The van der Waals surface area contributed by atoms with Crippen molar-refractivity contribution >= 4 is 27.5 Å². The summed E-state index contributed by atoms with van der Waals surface area (Å²) in [5, 5.41) is 3.55. The van der Waals surface area contributed by atoms with E-state index in [0.717, 1.165) is 6.20 Å². The molecule has 2 heterocycles. The van der Waals surface area contributed by atoms with E-state index >= 15 is 0 Å². The predicted molar refractivity (Wildman–Crippen MR) is 84.9 cm³/mol. The van der Waals surface area contributed by atoms with Gasteiger partial charge >= 0.3 is 0 Å². The zero-order valence-electron chi connectivity index (χ0n) is 11.9. The number of aromatic nitrogens is 2. The van der Waals surface area contributed by atoms with Crippen molar-refractivity contribution in [1.29, 1.82) is 0 Å². The Morgan fingerprint density at radius 1 is 1.21 bits per heavy atom. The summed E-state index contributed by atoms with van der Waals surface area (Å²) in [6.45, 7) is 1.62. The Bertz CT molecular complexity index is 993. The van der Waals surface area contributed by atoms with Crippen LogP contribution in [0.2, 0.25) is 5.02 Å². The predicted octanol–water partition coefficient (Wildman–Crippen LogP) is 4.63. The summed E-state index contributed by atoms with van der Waals surface area (Å²) < 4.78 is 47.6. The smallest absolute Gasteiger partial charge is 0.214 e. The van der Waals surface area contributed by atoms with Crippen LogP contribution in [0.15, 0.2) is 38.2 Å². The van der Waals surface area contributed by atoms with Gasteiger partial charge in [-0.2, -0.15) is 0 Å². The van der Waals surface area contributed by atoms with Crippen LogP contribution in [0, 0.1) is 24.4 Å². The number of halogens is 5. The van der Waals surface area contributed by atoms with Crippen molar-refractivity contribution in [2.24, 2.45) is 0 Å². The largest absolute Gasteiger partial charge is 0.360 e. The molecule has 3 aromatic rings. The van der Waals surface area contributed by atoms with Crippen molar-refractivity contribution in [3.8, 4) is 17.1 Å². The van der Waals surface area contributed by atoms with Crippen molar-refractivity contribution in [2.45, 2.75) is 6.92 Å². The van der Waals surface area contributed by atoms with Gasteiger partial charge in [-0.05, 0) is 22.9 Å². The van der Waals surface area contributed by atoms with Crippen molar-refractivity contribution < 1.29 is 17.7 Å². The minimum Gasteiger partial charge on any atom is -0.360 e. The highest BCUT2D eigenvalue weighted by Crippen LogP contribution is 2.34. The lowest BCUT2D eigenvalue weighted by Crippen LogP contribution is -2.13. The number of nitrogens with zero attached hydrogens (tertiary/aromatic N) is 2. The van der Waals surface area contributed by atoms with Gasteiger partial charge in [0, 0.05) is 24.4 Å². The Morgan fingerprint density at radius 3 is 2.38 bits per heavy atom. The Balaban J connectivity index is 2.44. The third-order valence-corrected chi connectivity index (χ3v) is 4.22. The van der Waals surface area contributed by atoms with Gasteiger partial charge in [-0.25, -0.2) is 13.2 Å². The van der Waals surface area contributed by atoms with Crippen LogP contribution >= 0.6 is 27.5 Å². The van der Waals surface area contributed by atoms with E-state index < -0.39 is 28.4 Å². The van der Waals surface area contributed by atoms with Gasteiger partial charge in [0.1, 0.15) is 28.2 Å². The molecule has 124 valence electrons. The van der Waals surface area contributed by atoms with Gasteiger partial charge < -0.3 is 4.52 Å². The molecular weight excluding hydrogens is 413 g/mol. The Kier molecular flexibility index (Phi) is 4.27. The lowest BCUT2D eigenvalue weighted by molar-refractivity contribution is 0.395. The van der Waals surface area contributed by atoms with Crippen LogP contribution in [0.3, 0.4) is 0 Å². The summed E-state index contributed by atoms with van der Waals surface area (Å²) in [6.07, 6.45) is 1.16. The Hall–Kier alpha value is -2.06. The molecule has 0 radical (unpaired) electrons. The lowest BCUT2D eigenvalue weighted by atomic mass is 10.1. The molecular formula is C15H7BrClF3N2O2. The molecule has 24 heavy (non-hydrogen) atoms. The first-order chi connectivity index (χ1) is 11.3. The second-order valence-corrected chi connectivity index (χ2v) is 6.08. The summed E-state index contributed by atoms with van der Waals surface area (Å²) in [6, 6.07) is 2.51. The maximum atomic E-state index is 14.2. The standard InChI is InChI=1S/C15H7BrClF3N2O2/c1-6-2-11(21-24-6)22-5-8(17)15(23)13(16)14(22)12-9(19)3-7(18)4-10(12)20/h2-5H,1H3. The van der Waals surface area contributed by atoms with Gasteiger partial charge in [-0.1, -0.05) is 16.8 Å². The van der Waals surface area contributed by atoms with E-state index in [1.807, 2.05) is 0 Å². The number of aryl methyl sites for hydroxylation is 1. The van der Waals surface area contributed by atoms with Crippen LogP contribution < -0.4 is 5.43 Å². The average molecular weight is 420 g/mol. The van der Waals surface area contributed by atoms with Crippen LogP contribution in [-0.4, -0.2) is 9.72 Å². The molecule has 0 saturated carbocycles. The molecule has 1 aromatic carbocycles. The molecule has 0 amide bonds. The molecule has 4 nitrogen and oxygen atoms in total. The number of benzene rings is 1. The molecule has 0 bridgehead atoms. The van der Waals surface area contributed by atoms with E-state index in [4.69, 9.17) is 16.1 Å². The fourth-order valence-electron chi connectivity index (χ4n) is 2.20. The molecule has 0 atom stereocenters. The highest BCUT2D eigenvalue weighted by Gasteiger charge is 2.23. The van der Waals surface area contributed by atoms with Crippen LogP contribution in [0.25, 0.3) is 17.1 Å². The second kappa shape index (κ2) is 6.10. The highest BCUT2D eigenvalue weighted by molar-refractivity contribution is 9.10. The summed E-state index contributed by atoms with van der Waals surface area (Å²) in [5.41, 5.74) is -1.48. The third-order valence-electron chi connectivity index (χ3n) is 3.21. The van der Waals surface area contributed by atoms with E-state index in [1.165, 1.54) is 10.6 Å². The summed E-state index contributed by atoms with van der Waals surface area (Å²) in [4.78, 5) is 12.1. The SMILES string of the molecule is Cc1cc(-n2cc(Cl)c(=O)c(Br)c2-c2c(F)cc(F)cc2F)no1. The molecule has 2 aromatic heterocycles. The van der Waals surface area contributed by atoms with E-state index in [1.54, 1.807) is 6.92 Å². The zero-order valence-corrected chi connectivity index (χ0v) is 14.3. The summed E-state index contributed by atoms with van der Waals surface area (Å²) in [7, 11) is 0. The number of rotatable bonds is 2. The van der Waals surface area contributed by atoms with Gasteiger partial charge in [-0.15, -0.1) is 0 Å². The van der Waals surface area contributed by atoms with Crippen LogP contribution in [-0.2, 0) is 0 Å². The molecule has 0 saturated heterocycles. The van der Waals surface area contributed by atoms with Gasteiger partial charge in [0.05, 0.1) is 15.7 Å². The Morgan fingerprint density at radius 2 is 1.83 bits per heavy atom. The maximum Gasteiger partial charge on any atom is 0.214 e. The number of hydrogen-bond donors (Lipinski definition) is 0. The van der Waals surface area contributed by atoms with E-state index in [-0.39, 0.29) is 21.0 Å². The molecule has 9 heteroatoms. The first kappa shape index (κ1) is 16.8. The average Bonchev–Trinajstić information content (AvgIpc) is 2.92. The van der Waals surface area contributed by atoms with E-state index in [9.17, 15) is 18.0 Å². The van der Waals surface area contributed by atoms with Gasteiger partial charge in [0.15, 0.2) is 5.82 Å². The van der Waals surface area contributed by atoms with Crippen molar-refractivity contribution in [3.63, 3.8) is 0 Å². The zero-order chi connectivity index (χ0) is 17.6. The molecule has 0 aliphatic rings. The number of pyridine rings is 1. The minimum atomic E-state index is -1.18. The van der Waals surface area contributed by atoms with E-state index in [2.05, 4.69) is 21.1 Å². The Labute approximate surface area is 146 Å². The van der Waals surface area contributed by atoms with Gasteiger partial charge in [0.25, 0.3) is 0 Å². The molecule has 0 fully saturated rings.